The Balaban J connectivity index is 4.12. The van der Waals surface area contributed by atoms with Crippen LogP contribution in [0.2, 0.25) is 0 Å². The summed E-state index contributed by atoms with van der Waals surface area (Å²) in [5.41, 5.74) is 0. The molecule has 0 heterocycles. The van der Waals surface area contributed by atoms with Gasteiger partial charge in [0.15, 0.2) is 6.10 Å². The lowest BCUT2D eigenvalue weighted by molar-refractivity contribution is -0.163. The van der Waals surface area contributed by atoms with Gasteiger partial charge < -0.3 is 14.2 Å². The van der Waals surface area contributed by atoms with Crippen LogP contribution in [0.3, 0.4) is 0 Å². The third kappa shape index (κ3) is 36.9. The first-order valence-electron chi connectivity index (χ1n) is 20.5. The second-order valence-corrected chi connectivity index (χ2v) is 13.5. The van der Waals surface area contributed by atoms with E-state index in [9.17, 15) is 9.59 Å². The molecule has 0 fully saturated rings. The fourth-order valence-corrected chi connectivity index (χ4v) is 5.54. The summed E-state index contributed by atoms with van der Waals surface area (Å²) in [5, 5.41) is 0. The number of hydrogen-bond donors (Lipinski definition) is 0. The predicted molar refractivity (Wildman–Crippen MR) is 205 cm³/mol. The van der Waals surface area contributed by atoms with E-state index in [2.05, 4.69) is 57.2 Å². The second kappa shape index (κ2) is 39.6. The Kier molecular flexibility index (Phi) is 38.0. The summed E-state index contributed by atoms with van der Waals surface area (Å²) in [4.78, 5) is 24.9. The Labute approximate surface area is 298 Å². The Morgan fingerprint density at radius 1 is 0.458 bits per heavy atom. The number of rotatable bonds is 37. The van der Waals surface area contributed by atoms with Crippen LogP contribution >= 0.6 is 0 Å². The molecule has 0 amide bonds. The maximum absolute atomic E-state index is 12.5. The number of hydrogen-bond acceptors (Lipinski definition) is 5. The summed E-state index contributed by atoms with van der Waals surface area (Å²) in [5.74, 6) is -0.425. The maximum Gasteiger partial charge on any atom is 0.306 e. The van der Waals surface area contributed by atoms with E-state index in [-0.39, 0.29) is 25.2 Å². The number of ether oxygens (including phenoxy) is 3. The molecule has 0 radical (unpaired) electrons. The fourth-order valence-electron chi connectivity index (χ4n) is 5.54. The molecule has 1 atom stereocenters. The van der Waals surface area contributed by atoms with Crippen molar-refractivity contribution in [1.82, 2.24) is 0 Å². The molecule has 0 aromatic carbocycles. The summed E-state index contributed by atoms with van der Waals surface area (Å²) in [6.07, 6.45) is 44.4. The summed E-state index contributed by atoms with van der Waals surface area (Å²) in [6, 6.07) is 0. The van der Waals surface area contributed by atoms with E-state index < -0.39 is 6.10 Å². The summed E-state index contributed by atoms with van der Waals surface area (Å²) in [7, 11) is 0. The van der Waals surface area contributed by atoms with Crippen molar-refractivity contribution in [2.75, 3.05) is 19.8 Å². The molecule has 0 aromatic heterocycles. The second-order valence-electron chi connectivity index (χ2n) is 13.5. The van der Waals surface area contributed by atoms with E-state index in [4.69, 9.17) is 14.2 Å². The number of carbonyl (C=O) groups excluding carboxylic acids is 2. The topological polar surface area (TPSA) is 61.8 Å². The first kappa shape index (κ1) is 46.1. The summed E-state index contributed by atoms with van der Waals surface area (Å²) >= 11 is 0. The highest BCUT2D eigenvalue weighted by atomic mass is 16.6. The zero-order valence-corrected chi connectivity index (χ0v) is 32.0. The van der Waals surface area contributed by atoms with Crippen LogP contribution in [-0.4, -0.2) is 37.9 Å². The van der Waals surface area contributed by atoms with Gasteiger partial charge in [-0.2, -0.15) is 0 Å². The Bertz CT molecular complexity index is 771. The molecule has 280 valence electrons. The number of esters is 2. The van der Waals surface area contributed by atoms with Gasteiger partial charge >= 0.3 is 11.9 Å². The van der Waals surface area contributed by atoms with Gasteiger partial charge in [0.25, 0.3) is 0 Å². The Morgan fingerprint density at radius 3 is 1.50 bits per heavy atom. The van der Waals surface area contributed by atoms with Crippen LogP contribution in [0, 0.1) is 0 Å². The highest BCUT2D eigenvalue weighted by Gasteiger charge is 2.17. The van der Waals surface area contributed by atoms with Crippen molar-refractivity contribution in [3.8, 4) is 0 Å². The van der Waals surface area contributed by atoms with Crippen molar-refractivity contribution in [1.29, 1.82) is 0 Å². The number of carbonyl (C=O) groups is 2. The van der Waals surface area contributed by atoms with E-state index in [0.717, 1.165) is 64.2 Å². The van der Waals surface area contributed by atoms with Crippen LogP contribution in [-0.2, 0) is 23.8 Å². The van der Waals surface area contributed by atoms with E-state index in [0.29, 0.717) is 19.4 Å². The molecule has 0 saturated carbocycles. The molecule has 5 heteroatoms. The van der Waals surface area contributed by atoms with Crippen LogP contribution in [0.25, 0.3) is 0 Å². The molecule has 0 N–H and O–H groups in total. The normalized spacial score (nSPS) is 12.5. The lowest BCUT2D eigenvalue weighted by Crippen LogP contribution is -2.30. The van der Waals surface area contributed by atoms with E-state index >= 15 is 0 Å². The minimum absolute atomic E-state index is 0.0780. The SMILES string of the molecule is CCC/C=C\C/C=C\CCCCCCCCOCC(COC(=O)CCCCCCC/C=C\CCCCCC)OC(=O)CCCCCCC. The third-order valence-electron chi connectivity index (χ3n) is 8.63. The molecular formula is C43H78O5. The molecular weight excluding hydrogens is 596 g/mol. The van der Waals surface area contributed by atoms with Gasteiger partial charge in [0.05, 0.1) is 6.61 Å². The average molecular weight is 675 g/mol. The highest BCUT2D eigenvalue weighted by molar-refractivity contribution is 5.70. The van der Waals surface area contributed by atoms with Gasteiger partial charge in [0.2, 0.25) is 0 Å². The van der Waals surface area contributed by atoms with Crippen LogP contribution in [0.4, 0.5) is 0 Å². The van der Waals surface area contributed by atoms with Gasteiger partial charge in [-0.1, -0.05) is 154 Å². The van der Waals surface area contributed by atoms with Crippen LogP contribution in [0.5, 0.6) is 0 Å². The van der Waals surface area contributed by atoms with Crippen LogP contribution in [0.1, 0.15) is 201 Å². The van der Waals surface area contributed by atoms with E-state index in [1.54, 1.807) is 0 Å². The van der Waals surface area contributed by atoms with Crippen molar-refractivity contribution >= 4 is 11.9 Å². The maximum atomic E-state index is 12.5. The molecule has 0 aliphatic rings. The molecule has 0 spiro atoms. The molecule has 0 saturated heterocycles. The fraction of sp³-hybridized carbons (Fsp3) is 0.814. The van der Waals surface area contributed by atoms with Gasteiger partial charge in [-0.25, -0.2) is 0 Å². The van der Waals surface area contributed by atoms with Crippen molar-refractivity contribution in [3.63, 3.8) is 0 Å². The lowest BCUT2D eigenvalue weighted by Gasteiger charge is -2.18. The van der Waals surface area contributed by atoms with Crippen LogP contribution in [0.15, 0.2) is 36.5 Å². The van der Waals surface area contributed by atoms with Crippen molar-refractivity contribution in [2.45, 2.75) is 207 Å². The van der Waals surface area contributed by atoms with E-state index in [1.165, 1.54) is 103 Å². The first-order chi connectivity index (χ1) is 23.6. The molecule has 0 aliphatic carbocycles. The number of unbranched alkanes of at least 4 members (excludes halogenated alkanes) is 20. The van der Waals surface area contributed by atoms with Gasteiger partial charge in [-0.15, -0.1) is 0 Å². The average Bonchev–Trinajstić information content (AvgIpc) is 3.08. The Morgan fingerprint density at radius 2 is 0.917 bits per heavy atom. The lowest BCUT2D eigenvalue weighted by atomic mass is 10.1. The number of allylic oxidation sites excluding steroid dienone is 6. The molecule has 0 aliphatic heterocycles. The van der Waals surface area contributed by atoms with Gasteiger partial charge in [-0.3, -0.25) is 9.59 Å². The monoisotopic (exact) mass is 675 g/mol. The zero-order chi connectivity index (χ0) is 35.0. The van der Waals surface area contributed by atoms with Crippen LogP contribution < -0.4 is 0 Å². The minimum Gasteiger partial charge on any atom is -0.462 e. The largest absolute Gasteiger partial charge is 0.462 e. The molecule has 0 bridgehead atoms. The smallest absolute Gasteiger partial charge is 0.306 e. The standard InChI is InChI=1S/C43H78O5/c1-4-7-10-13-15-17-19-21-23-25-27-29-32-35-38-46-39-41(48-43(45)37-34-30-12-9-6-3)40-47-42(44)36-33-31-28-26-24-22-20-18-16-14-11-8-5-2/h10,13,17-20,41H,4-9,11-12,14-16,21-40H2,1-3H3/b13-10-,19-17-,20-18-. The highest BCUT2D eigenvalue weighted by Crippen LogP contribution is 2.12. The van der Waals surface area contributed by atoms with Gasteiger partial charge in [-0.05, 0) is 70.6 Å². The first-order valence-corrected chi connectivity index (χ1v) is 20.5. The van der Waals surface area contributed by atoms with Crippen molar-refractivity contribution in [3.05, 3.63) is 36.5 Å². The Hall–Kier alpha value is -1.88. The predicted octanol–water partition coefficient (Wildman–Crippen LogP) is 13.1. The quantitative estimate of drug-likeness (QED) is 0.0373. The molecule has 0 rings (SSSR count). The molecule has 5 nitrogen and oxygen atoms in total. The van der Waals surface area contributed by atoms with Gasteiger partial charge in [0.1, 0.15) is 6.61 Å². The summed E-state index contributed by atoms with van der Waals surface area (Å²) in [6.45, 7) is 7.65. The van der Waals surface area contributed by atoms with Crippen molar-refractivity contribution in [2.24, 2.45) is 0 Å². The third-order valence-corrected chi connectivity index (χ3v) is 8.63. The van der Waals surface area contributed by atoms with E-state index in [1.807, 2.05) is 0 Å². The minimum atomic E-state index is -0.535. The molecule has 1 unspecified atom stereocenters. The summed E-state index contributed by atoms with van der Waals surface area (Å²) < 4.78 is 17.1. The van der Waals surface area contributed by atoms with Crippen molar-refractivity contribution < 1.29 is 23.8 Å². The zero-order valence-electron chi connectivity index (χ0n) is 32.0. The molecule has 0 aromatic rings. The van der Waals surface area contributed by atoms with Gasteiger partial charge in [0, 0.05) is 19.4 Å². The molecule has 48 heavy (non-hydrogen) atoms.